The zero-order valence-electron chi connectivity index (χ0n) is 17.1. The van der Waals surface area contributed by atoms with Crippen LogP contribution in [-0.4, -0.2) is 34.4 Å². The summed E-state index contributed by atoms with van der Waals surface area (Å²) < 4.78 is 0. The summed E-state index contributed by atoms with van der Waals surface area (Å²) in [5, 5.41) is 2.31. The molecular weight excluding hydrogens is 404 g/mol. The number of amides is 1. The van der Waals surface area contributed by atoms with E-state index in [-0.39, 0.29) is 34.5 Å². The minimum Gasteiger partial charge on any atom is -0.382 e. The summed E-state index contributed by atoms with van der Waals surface area (Å²) in [4.78, 5) is 23.9. The second-order valence-electron chi connectivity index (χ2n) is 7.00. The smallest absolute Gasteiger partial charge is 0.280 e. The summed E-state index contributed by atoms with van der Waals surface area (Å²) in [6.45, 7) is 2.58. The van der Waals surface area contributed by atoms with Crippen LogP contribution in [0.1, 0.15) is 47.8 Å². The molecule has 0 saturated heterocycles. The Kier molecular flexibility index (Phi) is 8.82. The SMILES string of the molecule is CC[C@H](N)Cc1ccc(CCCCN=C(N)NC(=O)c2nc(Cl)c(N)nc2N)cc1. The van der Waals surface area contributed by atoms with Gasteiger partial charge in [-0.25, -0.2) is 9.97 Å². The van der Waals surface area contributed by atoms with Crippen LogP contribution >= 0.6 is 11.6 Å². The highest BCUT2D eigenvalue weighted by Crippen LogP contribution is 2.17. The fraction of sp³-hybridized carbons (Fsp3) is 0.400. The van der Waals surface area contributed by atoms with E-state index < -0.39 is 5.91 Å². The molecule has 1 heterocycles. The van der Waals surface area contributed by atoms with Crippen molar-refractivity contribution in [2.75, 3.05) is 18.0 Å². The van der Waals surface area contributed by atoms with Crippen molar-refractivity contribution in [3.63, 3.8) is 0 Å². The maximum Gasteiger partial charge on any atom is 0.280 e. The number of unbranched alkanes of at least 4 members (excludes halogenated alkanes) is 1. The Labute approximate surface area is 181 Å². The van der Waals surface area contributed by atoms with Crippen molar-refractivity contribution in [1.29, 1.82) is 0 Å². The summed E-state index contributed by atoms with van der Waals surface area (Å²) in [5.74, 6) is -0.853. The predicted octanol–water partition coefficient (Wildman–Crippen LogP) is 1.64. The molecule has 9 N–H and O–H groups in total. The third-order valence-corrected chi connectivity index (χ3v) is 4.84. The number of hydrogen-bond acceptors (Lipinski definition) is 7. The van der Waals surface area contributed by atoms with Gasteiger partial charge < -0.3 is 22.9 Å². The Morgan fingerprint density at radius 3 is 2.47 bits per heavy atom. The van der Waals surface area contributed by atoms with Crippen LogP contribution < -0.4 is 28.3 Å². The molecule has 0 aliphatic carbocycles. The van der Waals surface area contributed by atoms with Gasteiger partial charge in [-0.15, -0.1) is 0 Å². The number of carbonyl (C=O) groups is 1. The number of benzene rings is 1. The van der Waals surface area contributed by atoms with Crippen LogP contribution in [0.5, 0.6) is 0 Å². The quantitative estimate of drug-likeness (QED) is 0.227. The summed E-state index contributed by atoms with van der Waals surface area (Å²) in [5.41, 5.74) is 25.2. The highest BCUT2D eigenvalue weighted by atomic mass is 35.5. The number of nitrogens with two attached hydrogens (primary N) is 4. The van der Waals surface area contributed by atoms with E-state index in [4.69, 9.17) is 34.5 Å². The highest BCUT2D eigenvalue weighted by molar-refractivity contribution is 6.31. The maximum absolute atomic E-state index is 12.2. The Bertz CT molecular complexity index is 885. The largest absolute Gasteiger partial charge is 0.382 e. The van der Waals surface area contributed by atoms with Crippen molar-refractivity contribution >= 4 is 35.1 Å². The number of nitrogens with zero attached hydrogens (tertiary/aromatic N) is 3. The number of nitrogens with one attached hydrogen (secondary N) is 1. The summed E-state index contributed by atoms with van der Waals surface area (Å²) in [7, 11) is 0. The Balaban J connectivity index is 1.75. The standard InChI is InChI=1S/C20H29ClN8O/c1-2-14(22)11-13-8-6-12(7-9-13)5-3-4-10-26-20(25)29-19(30)15-17(23)28-18(24)16(21)27-15/h6-9,14H,2-5,10-11,22H2,1H3,(H4,23,24,28)(H3,25,26,29,30)/t14-/m0/s1. The van der Waals surface area contributed by atoms with Crippen LogP contribution in [0.25, 0.3) is 0 Å². The van der Waals surface area contributed by atoms with Gasteiger partial charge in [-0.05, 0) is 43.2 Å². The van der Waals surface area contributed by atoms with Gasteiger partial charge in [-0.3, -0.25) is 15.1 Å². The number of anilines is 2. The Hall–Kier alpha value is -2.91. The number of guanidine groups is 1. The first-order valence-electron chi connectivity index (χ1n) is 9.83. The summed E-state index contributed by atoms with van der Waals surface area (Å²) in [6.07, 6.45) is 4.59. The second kappa shape index (κ2) is 11.3. The second-order valence-corrected chi connectivity index (χ2v) is 7.36. The molecule has 2 aromatic rings. The molecule has 0 spiro atoms. The van der Waals surface area contributed by atoms with Crippen LogP contribution in [0, 0.1) is 0 Å². The van der Waals surface area contributed by atoms with Crippen molar-refractivity contribution in [2.45, 2.75) is 45.1 Å². The van der Waals surface area contributed by atoms with Gasteiger partial charge in [0, 0.05) is 12.6 Å². The molecule has 0 aliphatic rings. The van der Waals surface area contributed by atoms with Crippen molar-refractivity contribution in [3.8, 4) is 0 Å². The van der Waals surface area contributed by atoms with Crippen LogP contribution in [0.4, 0.5) is 11.6 Å². The molecular formula is C20H29ClN8O. The lowest BCUT2D eigenvalue weighted by atomic mass is 10.0. The normalized spacial score (nSPS) is 12.6. The molecule has 30 heavy (non-hydrogen) atoms. The first kappa shape index (κ1) is 23.4. The van der Waals surface area contributed by atoms with Crippen LogP contribution in [0.2, 0.25) is 5.15 Å². The van der Waals surface area contributed by atoms with E-state index in [9.17, 15) is 4.79 Å². The van der Waals surface area contributed by atoms with E-state index in [0.29, 0.717) is 6.54 Å². The molecule has 0 saturated carbocycles. The molecule has 1 aromatic heterocycles. The summed E-state index contributed by atoms with van der Waals surface area (Å²) >= 11 is 5.77. The van der Waals surface area contributed by atoms with Gasteiger partial charge in [-0.2, -0.15) is 0 Å². The van der Waals surface area contributed by atoms with Crippen LogP contribution in [0.3, 0.4) is 0 Å². The zero-order valence-corrected chi connectivity index (χ0v) is 17.8. The molecule has 0 radical (unpaired) electrons. The number of rotatable bonds is 9. The minimum atomic E-state index is -0.647. The van der Waals surface area contributed by atoms with Gasteiger partial charge in [-0.1, -0.05) is 42.8 Å². The fourth-order valence-corrected chi connectivity index (χ4v) is 2.88. The molecule has 1 amide bonds. The van der Waals surface area contributed by atoms with Gasteiger partial charge in [0.05, 0.1) is 0 Å². The number of hydrogen-bond donors (Lipinski definition) is 5. The molecule has 9 nitrogen and oxygen atoms in total. The lowest BCUT2D eigenvalue weighted by Crippen LogP contribution is -2.38. The van der Waals surface area contributed by atoms with E-state index in [0.717, 1.165) is 32.1 Å². The Morgan fingerprint density at radius 2 is 1.80 bits per heavy atom. The number of aromatic nitrogens is 2. The third-order valence-electron chi connectivity index (χ3n) is 4.56. The fourth-order valence-electron chi connectivity index (χ4n) is 2.75. The van der Waals surface area contributed by atoms with E-state index in [1.54, 1.807) is 0 Å². The molecule has 10 heteroatoms. The lowest BCUT2D eigenvalue weighted by Gasteiger charge is -2.09. The van der Waals surface area contributed by atoms with Crippen molar-refractivity contribution in [2.24, 2.45) is 16.5 Å². The van der Waals surface area contributed by atoms with Crippen LogP contribution in [0.15, 0.2) is 29.3 Å². The third kappa shape index (κ3) is 7.16. The van der Waals surface area contributed by atoms with Gasteiger partial charge in [0.15, 0.2) is 28.4 Å². The number of carbonyl (C=O) groups excluding carboxylic acids is 1. The van der Waals surface area contributed by atoms with Crippen LogP contribution in [-0.2, 0) is 12.8 Å². The topological polar surface area (TPSA) is 171 Å². The van der Waals surface area contributed by atoms with Gasteiger partial charge >= 0.3 is 0 Å². The number of aryl methyl sites for hydroxylation is 1. The zero-order chi connectivity index (χ0) is 22.1. The van der Waals surface area contributed by atoms with Gasteiger partial charge in [0.1, 0.15) is 0 Å². The lowest BCUT2D eigenvalue weighted by molar-refractivity contribution is 0.0972. The molecule has 0 unspecified atom stereocenters. The van der Waals surface area contributed by atoms with Gasteiger partial charge in [0.25, 0.3) is 5.91 Å². The maximum atomic E-state index is 12.2. The monoisotopic (exact) mass is 432 g/mol. The first-order valence-corrected chi connectivity index (χ1v) is 10.2. The average Bonchev–Trinajstić information content (AvgIpc) is 2.71. The molecule has 0 bridgehead atoms. The molecule has 1 atom stereocenters. The molecule has 0 fully saturated rings. The Morgan fingerprint density at radius 1 is 1.13 bits per heavy atom. The molecule has 1 aromatic carbocycles. The van der Waals surface area contributed by atoms with E-state index in [1.165, 1.54) is 11.1 Å². The number of nitrogen functional groups attached to an aromatic ring is 2. The molecule has 0 aliphatic heterocycles. The molecule has 2 rings (SSSR count). The van der Waals surface area contributed by atoms with E-state index >= 15 is 0 Å². The van der Waals surface area contributed by atoms with Crippen molar-refractivity contribution in [3.05, 3.63) is 46.2 Å². The minimum absolute atomic E-state index is 0.0224. The predicted molar refractivity (Wildman–Crippen MR) is 121 cm³/mol. The first-order chi connectivity index (χ1) is 14.3. The molecule has 162 valence electrons. The van der Waals surface area contributed by atoms with Crippen molar-refractivity contribution < 1.29 is 4.79 Å². The number of aliphatic imine (C=N–C) groups is 1. The highest BCUT2D eigenvalue weighted by Gasteiger charge is 2.16. The number of halogens is 1. The average molecular weight is 433 g/mol. The van der Waals surface area contributed by atoms with Crippen molar-refractivity contribution in [1.82, 2.24) is 15.3 Å². The van der Waals surface area contributed by atoms with E-state index in [1.807, 2.05) is 0 Å². The summed E-state index contributed by atoms with van der Waals surface area (Å²) in [6, 6.07) is 8.75. The van der Waals surface area contributed by atoms with E-state index in [2.05, 4.69) is 51.5 Å². The van der Waals surface area contributed by atoms with Gasteiger partial charge in [0.2, 0.25) is 0 Å².